The van der Waals surface area contributed by atoms with Crippen LogP contribution in [0.25, 0.3) is 22.6 Å². The van der Waals surface area contributed by atoms with E-state index >= 15 is 0 Å². The van der Waals surface area contributed by atoms with E-state index in [4.69, 9.17) is 4.98 Å². The highest BCUT2D eigenvalue weighted by Gasteiger charge is 2.31. The van der Waals surface area contributed by atoms with Crippen LogP contribution in [0.15, 0.2) is 48.5 Å². The van der Waals surface area contributed by atoms with E-state index in [2.05, 4.69) is 15.3 Å². The Balaban J connectivity index is 1.70. The topological polar surface area (TPSA) is 119 Å². The van der Waals surface area contributed by atoms with Crippen LogP contribution in [0.5, 0.6) is 0 Å². The van der Waals surface area contributed by atoms with E-state index in [1.165, 1.54) is 12.1 Å². The lowest BCUT2D eigenvalue weighted by molar-refractivity contribution is -0.137. The maximum Gasteiger partial charge on any atom is 0.416 e. The van der Waals surface area contributed by atoms with Gasteiger partial charge in [-0.05, 0) is 56.4 Å². The van der Waals surface area contributed by atoms with Crippen molar-refractivity contribution >= 4 is 32.9 Å². The zero-order valence-electron chi connectivity index (χ0n) is 22.0. The number of aryl methyl sites for hydroxylation is 1. The molecule has 2 aromatic carbocycles. The molecule has 0 aliphatic heterocycles. The van der Waals surface area contributed by atoms with Crippen LogP contribution in [0.1, 0.15) is 47.1 Å². The molecule has 1 aliphatic carbocycles. The molecule has 1 saturated carbocycles. The number of nitrogens with one attached hydrogen (secondary N) is 2. The first kappa shape index (κ1) is 27.6. The summed E-state index contributed by atoms with van der Waals surface area (Å²) in [6.07, 6.45) is -1.54. The van der Waals surface area contributed by atoms with E-state index in [1.54, 1.807) is 4.57 Å². The van der Waals surface area contributed by atoms with Gasteiger partial charge in [0.05, 0.1) is 11.8 Å². The number of benzene rings is 2. The summed E-state index contributed by atoms with van der Waals surface area (Å²) in [5, 5.41) is 3.35. The molecule has 0 radical (unpaired) electrons. The minimum absolute atomic E-state index is 0.0132. The predicted molar refractivity (Wildman–Crippen MR) is 144 cm³/mol. The van der Waals surface area contributed by atoms with Crippen molar-refractivity contribution in [1.82, 2.24) is 24.2 Å². The van der Waals surface area contributed by atoms with Crippen molar-refractivity contribution < 1.29 is 26.4 Å². The molecule has 1 aliphatic rings. The quantitative estimate of drug-likeness (QED) is 0.312. The molecular formula is C27H27F3N6O3S. The average Bonchev–Trinajstić information content (AvgIpc) is 3.65. The molecule has 5 rings (SSSR count). The molecule has 40 heavy (non-hydrogen) atoms. The summed E-state index contributed by atoms with van der Waals surface area (Å²) < 4.78 is 66.6. The Labute approximate surface area is 228 Å². The maximum atomic E-state index is 13.2. The summed E-state index contributed by atoms with van der Waals surface area (Å²) in [7, 11) is -3.88. The minimum Gasteiger partial charge on any atom is -0.365 e. The monoisotopic (exact) mass is 572 g/mol. The zero-order valence-corrected chi connectivity index (χ0v) is 22.8. The van der Waals surface area contributed by atoms with E-state index in [0.717, 1.165) is 42.4 Å². The van der Waals surface area contributed by atoms with Crippen molar-refractivity contribution in [2.24, 2.45) is 5.92 Å². The van der Waals surface area contributed by atoms with Gasteiger partial charge < -0.3 is 9.88 Å². The fourth-order valence-corrected chi connectivity index (χ4v) is 4.95. The number of carbonyl (C=O) groups excluding carboxylic acids is 1. The van der Waals surface area contributed by atoms with Crippen LogP contribution in [0, 0.1) is 12.8 Å². The summed E-state index contributed by atoms with van der Waals surface area (Å²) in [4.78, 5) is 26.1. The highest BCUT2D eigenvalue weighted by atomic mass is 32.2. The number of nitrogens with zero attached hydrogens (tertiary/aromatic N) is 4. The standard InChI is InChI=1S/C27H27F3N6O3S/c1-15-5-4-6-19(13-15)25-34-23-21(36(25)14-17-7-11-20(12-8-17)27(28,29)30)22(31-16(2)18-9-10-18)32-24(33-23)26(37)35-40(3,38)39/h4-8,11-13,16,18H,9-10,14H2,1-3H3,(H,35,37)(H,31,32,33)/t16-/m1/s1. The Bertz CT molecular complexity index is 1700. The smallest absolute Gasteiger partial charge is 0.365 e. The first-order valence-electron chi connectivity index (χ1n) is 12.6. The number of alkyl halides is 3. The third-order valence-corrected chi connectivity index (χ3v) is 7.23. The van der Waals surface area contributed by atoms with Gasteiger partial charge in [0.1, 0.15) is 11.3 Å². The van der Waals surface area contributed by atoms with Gasteiger partial charge in [0, 0.05) is 18.2 Å². The van der Waals surface area contributed by atoms with Gasteiger partial charge in [0.2, 0.25) is 15.8 Å². The fourth-order valence-electron chi connectivity index (χ4n) is 4.52. The number of fused-ring (bicyclic) bond motifs is 1. The largest absolute Gasteiger partial charge is 0.416 e. The van der Waals surface area contributed by atoms with Gasteiger partial charge in [-0.25, -0.2) is 28.1 Å². The second kappa shape index (κ2) is 10.2. The molecule has 2 N–H and O–H groups in total. The van der Waals surface area contributed by atoms with Gasteiger partial charge >= 0.3 is 12.1 Å². The number of halogens is 3. The lowest BCUT2D eigenvalue weighted by atomic mass is 10.1. The second-order valence-electron chi connectivity index (χ2n) is 10.1. The number of amides is 1. The molecule has 2 aromatic heterocycles. The molecule has 1 atom stereocenters. The van der Waals surface area contributed by atoms with Crippen molar-refractivity contribution in [3.63, 3.8) is 0 Å². The SMILES string of the molecule is Cc1cccc(-c2nc3nc(C(=O)NS(C)(=O)=O)nc(N[C@H](C)C4CC4)c3n2Cc2ccc(C(F)(F)F)cc2)c1. The highest BCUT2D eigenvalue weighted by Crippen LogP contribution is 2.36. The zero-order chi connectivity index (χ0) is 28.8. The van der Waals surface area contributed by atoms with E-state index in [-0.39, 0.29) is 29.9 Å². The molecule has 210 valence electrons. The number of imidazole rings is 1. The van der Waals surface area contributed by atoms with E-state index in [1.807, 2.05) is 42.8 Å². The Morgan fingerprint density at radius 1 is 1.10 bits per heavy atom. The summed E-state index contributed by atoms with van der Waals surface area (Å²) >= 11 is 0. The van der Waals surface area contributed by atoms with Gasteiger partial charge in [-0.1, -0.05) is 35.9 Å². The van der Waals surface area contributed by atoms with Gasteiger partial charge in [-0.15, -0.1) is 0 Å². The summed E-state index contributed by atoms with van der Waals surface area (Å²) in [5.41, 5.74) is 2.11. The Morgan fingerprint density at radius 3 is 2.40 bits per heavy atom. The lowest BCUT2D eigenvalue weighted by Crippen LogP contribution is -2.31. The third kappa shape index (κ3) is 6.09. The number of rotatable bonds is 8. The molecule has 13 heteroatoms. The third-order valence-electron chi connectivity index (χ3n) is 6.68. The average molecular weight is 573 g/mol. The van der Waals surface area contributed by atoms with Crippen LogP contribution in [0.4, 0.5) is 19.0 Å². The molecule has 1 fully saturated rings. The summed E-state index contributed by atoms with van der Waals surface area (Å²) in [5.74, 6) is -0.225. The maximum absolute atomic E-state index is 13.2. The number of hydrogen-bond donors (Lipinski definition) is 2. The Morgan fingerprint density at radius 2 is 1.80 bits per heavy atom. The summed E-state index contributed by atoms with van der Waals surface area (Å²) in [6.45, 7) is 4.05. The Kier molecular flexibility index (Phi) is 7.02. The van der Waals surface area contributed by atoms with Crippen molar-refractivity contribution in [1.29, 1.82) is 0 Å². The van der Waals surface area contributed by atoms with Crippen LogP contribution in [-0.2, 0) is 22.7 Å². The normalized spacial score (nSPS) is 14.8. The van der Waals surface area contributed by atoms with Gasteiger partial charge in [0.15, 0.2) is 11.5 Å². The molecule has 2 heterocycles. The molecule has 9 nitrogen and oxygen atoms in total. The molecule has 1 amide bonds. The van der Waals surface area contributed by atoms with Crippen molar-refractivity contribution in [3.05, 3.63) is 71.0 Å². The van der Waals surface area contributed by atoms with E-state index < -0.39 is 27.7 Å². The molecule has 0 spiro atoms. The van der Waals surface area contributed by atoms with Gasteiger partial charge in [-0.3, -0.25) is 4.79 Å². The van der Waals surface area contributed by atoms with Crippen molar-refractivity contribution in [2.75, 3.05) is 11.6 Å². The molecular weight excluding hydrogens is 545 g/mol. The number of carbonyl (C=O) groups is 1. The Hall–Kier alpha value is -4.00. The fraction of sp³-hybridized carbons (Fsp3) is 0.333. The van der Waals surface area contributed by atoms with E-state index in [9.17, 15) is 26.4 Å². The molecule has 0 bridgehead atoms. The number of sulfonamides is 1. The summed E-state index contributed by atoms with van der Waals surface area (Å²) in [6, 6.07) is 12.4. The first-order valence-corrected chi connectivity index (χ1v) is 14.5. The number of anilines is 1. The predicted octanol–water partition coefficient (Wildman–Crippen LogP) is 4.77. The van der Waals surface area contributed by atoms with Crippen molar-refractivity contribution in [3.8, 4) is 11.4 Å². The van der Waals surface area contributed by atoms with Crippen LogP contribution in [-0.4, -0.2) is 46.1 Å². The number of hydrogen-bond acceptors (Lipinski definition) is 7. The molecule has 0 saturated heterocycles. The van der Waals surface area contributed by atoms with Crippen LogP contribution >= 0.6 is 0 Å². The van der Waals surface area contributed by atoms with Crippen LogP contribution in [0.2, 0.25) is 0 Å². The highest BCUT2D eigenvalue weighted by molar-refractivity contribution is 7.89. The molecule has 4 aromatic rings. The van der Waals surface area contributed by atoms with Crippen LogP contribution in [0.3, 0.4) is 0 Å². The lowest BCUT2D eigenvalue weighted by Gasteiger charge is -2.17. The molecule has 0 unspecified atom stereocenters. The second-order valence-corrected chi connectivity index (χ2v) is 11.9. The number of aromatic nitrogens is 4. The van der Waals surface area contributed by atoms with Gasteiger partial charge in [0.25, 0.3) is 0 Å². The minimum atomic E-state index is -4.46. The van der Waals surface area contributed by atoms with Gasteiger partial charge in [-0.2, -0.15) is 13.2 Å². The van der Waals surface area contributed by atoms with Crippen molar-refractivity contribution in [2.45, 2.75) is 45.5 Å². The first-order chi connectivity index (χ1) is 18.8. The van der Waals surface area contributed by atoms with Crippen LogP contribution < -0.4 is 10.0 Å². The van der Waals surface area contributed by atoms with E-state index in [0.29, 0.717) is 22.8 Å².